The number of urea groups is 1. The van der Waals surface area contributed by atoms with Crippen molar-refractivity contribution in [2.24, 2.45) is 5.92 Å². The predicted octanol–water partition coefficient (Wildman–Crippen LogP) is 2.78. The van der Waals surface area contributed by atoms with Crippen molar-refractivity contribution in [1.82, 2.24) is 5.32 Å². The number of carbonyl (C=O) groups is 2. The van der Waals surface area contributed by atoms with Gasteiger partial charge in [-0.1, -0.05) is 12.1 Å². The first-order chi connectivity index (χ1) is 9.60. The molecule has 20 heavy (non-hydrogen) atoms. The molecular weight excluding hydrogens is 276 g/mol. The van der Waals surface area contributed by atoms with E-state index in [0.717, 1.165) is 10.6 Å². The van der Waals surface area contributed by atoms with Gasteiger partial charge in [0.05, 0.1) is 11.6 Å². The van der Waals surface area contributed by atoms with Gasteiger partial charge >= 0.3 is 12.0 Å². The predicted molar refractivity (Wildman–Crippen MR) is 79.1 cm³/mol. The molecule has 0 saturated heterocycles. The monoisotopic (exact) mass is 294 g/mol. The maximum absolute atomic E-state index is 11.9. The first-order valence-electron chi connectivity index (χ1n) is 6.53. The van der Waals surface area contributed by atoms with E-state index in [1.807, 2.05) is 30.5 Å². The normalized spacial score (nSPS) is 21.4. The molecule has 0 spiro atoms. The Bertz CT molecular complexity index is 507. The van der Waals surface area contributed by atoms with E-state index in [4.69, 9.17) is 5.11 Å². The summed E-state index contributed by atoms with van der Waals surface area (Å²) in [6.45, 7) is 0. The Morgan fingerprint density at radius 2 is 2.05 bits per heavy atom. The van der Waals surface area contributed by atoms with E-state index in [1.165, 1.54) is 0 Å². The topological polar surface area (TPSA) is 78.4 Å². The Morgan fingerprint density at radius 1 is 1.30 bits per heavy atom. The SMILES string of the molecule is CSc1ccccc1NC(=O)N[C@H]1CC[C@@H](C(=O)O)C1. The lowest BCUT2D eigenvalue weighted by molar-refractivity contribution is -0.141. The number of amides is 2. The molecule has 1 fully saturated rings. The molecule has 2 amide bonds. The Kier molecular flexibility index (Phi) is 4.89. The zero-order chi connectivity index (χ0) is 14.5. The van der Waals surface area contributed by atoms with E-state index in [0.29, 0.717) is 19.3 Å². The van der Waals surface area contributed by atoms with Crippen molar-refractivity contribution in [2.75, 3.05) is 11.6 Å². The summed E-state index contributed by atoms with van der Waals surface area (Å²) >= 11 is 1.56. The molecule has 3 N–H and O–H groups in total. The van der Waals surface area contributed by atoms with Crippen LogP contribution >= 0.6 is 11.8 Å². The zero-order valence-corrected chi connectivity index (χ0v) is 12.1. The van der Waals surface area contributed by atoms with Gasteiger partial charge in [0, 0.05) is 10.9 Å². The zero-order valence-electron chi connectivity index (χ0n) is 11.3. The molecule has 2 atom stereocenters. The van der Waals surface area contributed by atoms with Gasteiger partial charge in [-0.15, -0.1) is 11.8 Å². The highest BCUT2D eigenvalue weighted by Crippen LogP contribution is 2.27. The fourth-order valence-electron chi connectivity index (χ4n) is 2.43. The number of carboxylic acid groups (broad SMARTS) is 1. The minimum atomic E-state index is -0.776. The Morgan fingerprint density at radius 3 is 2.70 bits per heavy atom. The molecule has 0 heterocycles. The van der Waals surface area contributed by atoms with E-state index in [2.05, 4.69) is 10.6 Å². The fourth-order valence-corrected chi connectivity index (χ4v) is 2.98. The third-order valence-corrected chi connectivity index (χ3v) is 4.27. The van der Waals surface area contributed by atoms with E-state index >= 15 is 0 Å². The van der Waals surface area contributed by atoms with Gasteiger partial charge in [-0.25, -0.2) is 4.79 Å². The smallest absolute Gasteiger partial charge is 0.319 e. The van der Waals surface area contributed by atoms with Gasteiger partial charge in [0.2, 0.25) is 0 Å². The van der Waals surface area contributed by atoms with Gasteiger partial charge < -0.3 is 15.7 Å². The number of thioether (sulfide) groups is 1. The van der Waals surface area contributed by atoms with Crippen molar-refractivity contribution >= 4 is 29.4 Å². The molecule has 1 saturated carbocycles. The van der Waals surface area contributed by atoms with Crippen LogP contribution in [0, 0.1) is 5.92 Å². The van der Waals surface area contributed by atoms with Crippen LogP contribution in [0.15, 0.2) is 29.2 Å². The second kappa shape index (κ2) is 6.65. The van der Waals surface area contributed by atoms with Crippen molar-refractivity contribution in [3.63, 3.8) is 0 Å². The summed E-state index contributed by atoms with van der Waals surface area (Å²) in [5.74, 6) is -1.11. The van der Waals surface area contributed by atoms with Crippen molar-refractivity contribution in [1.29, 1.82) is 0 Å². The van der Waals surface area contributed by atoms with Gasteiger partial charge in [-0.2, -0.15) is 0 Å². The van der Waals surface area contributed by atoms with Crippen molar-refractivity contribution < 1.29 is 14.7 Å². The Balaban J connectivity index is 1.89. The largest absolute Gasteiger partial charge is 0.481 e. The molecule has 0 aromatic heterocycles. The van der Waals surface area contributed by atoms with E-state index < -0.39 is 5.97 Å². The highest BCUT2D eigenvalue weighted by atomic mass is 32.2. The average Bonchev–Trinajstić information content (AvgIpc) is 2.88. The number of carbonyl (C=O) groups excluding carboxylic acids is 1. The number of hydrogen-bond acceptors (Lipinski definition) is 3. The second-order valence-corrected chi connectivity index (χ2v) is 5.69. The summed E-state index contributed by atoms with van der Waals surface area (Å²) in [6.07, 6.45) is 3.80. The molecule has 6 heteroatoms. The summed E-state index contributed by atoms with van der Waals surface area (Å²) in [5, 5.41) is 14.6. The van der Waals surface area contributed by atoms with Crippen LogP contribution in [0.3, 0.4) is 0 Å². The molecule has 2 rings (SSSR count). The molecule has 1 aliphatic carbocycles. The van der Waals surface area contributed by atoms with Crippen LogP contribution in [0.2, 0.25) is 0 Å². The van der Waals surface area contributed by atoms with E-state index in [1.54, 1.807) is 11.8 Å². The number of aliphatic carboxylic acids is 1. The van der Waals surface area contributed by atoms with Crippen LogP contribution < -0.4 is 10.6 Å². The van der Waals surface area contributed by atoms with Gasteiger partial charge in [0.1, 0.15) is 0 Å². The summed E-state index contributed by atoms with van der Waals surface area (Å²) in [6, 6.07) is 7.24. The molecule has 1 aromatic rings. The molecule has 0 aliphatic heterocycles. The summed E-state index contributed by atoms with van der Waals surface area (Å²) in [5.41, 5.74) is 0.769. The first-order valence-corrected chi connectivity index (χ1v) is 7.76. The standard InChI is InChI=1S/C14H18N2O3S/c1-20-12-5-3-2-4-11(12)16-14(19)15-10-7-6-9(8-10)13(17)18/h2-5,9-10H,6-8H2,1H3,(H,17,18)(H2,15,16,19)/t9-,10+/m1/s1. The lowest BCUT2D eigenvalue weighted by atomic mass is 10.1. The second-order valence-electron chi connectivity index (χ2n) is 4.84. The van der Waals surface area contributed by atoms with Gasteiger partial charge in [0.15, 0.2) is 0 Å². The van der Waals surface area contributed by atoms with Crippen molar-refractivity contribution in [3.05, 3.63) is 24.3 Å². The van der Waals surface area contributed by atoms with Crippen LogP contribution in [0.4, 0.5) is 10.5 Å². The van der Waals surface area contributed by atoms with Gasteiger partial charge in [-0.3, -0.25) is 4.79 Å². The van der Waals surface area contributed by atoms with Crippen molar-refractivity contribution in [3.8, 4) is 0 Å². The summed E-state index contributed by atoms with van der Waals surface area (Å²) < 4.78 is 0. The average molecular weight is 294 g/mol. The number of anilines is 1. The summed E-state index contributed by atoms with van der Waals surface area (Å²) in [7, 11) is 0. The van der Waals surface area contributed by atoms with Gasteiger partial charge in [-0.05, 0) is 37.7 Å². The van der Waals surface area contributed by atoms with E-state index in [9.17, 15) is 9.59 Å². The lowest BCUT2D eigenvalue weighted by Gasteiger charge is -2.14. The summed E-state index contributed by atoms with van der Waals surface area (Å²) in [4.78, 5) is 23.8. The van der Waals surface area contributed by atoms with Crippen LogP contribution in [0.1, 0.15) is 19.3 Å². The van der Waals surface area contributed by atoms with Crippen LogP contribution in [0.25, 0.3) is 0 Å². The number of nitrogens with one attached hydrogen (secondary N) is 2. The Hall–Kier alpha value is -1.69. The van der Waals surface area contributed by atoms with Gasteiger partial charge in [0.25, 0.3) is 0 Å². The third kappa shape index (κ3) is 3.66. The highest BCUT2D eigenvalue weighted by Gasteiger charge is 2.30. The first kappa shape index (κ1) is 14.7. The number of hydrogen-bond donors (Lipinski definition) is 3. The number of rotatable bonds is 4. The minimum Gasteiger partial charge on any atom is -0.481 e. The quantitative estimate of drug-likeness (QED) is 0.746. The minimum absolute atomic E-state index is 0.0578. The van der Waals surface area contributed by atoms with E-state index in [-0.39, 0.29) is 18.0 Å². The molecule has 0 radical (unpaired) electrons. The third-order valence-electron chi connectivity index (χ3n) is 3.47. The molecule has 1 aromatic carbocycles. The number of carboxylic acids is 1. The molecule has 5 nitrogen and oxygen atoms in total. The maximum Gasteiger partial charge on any atom is 0.319 e. The maximum atomic E-state index is 11.9. The molecule has 0 unspecified atom stereocenters. The molecule has 0 bridgehead atoms. The fraction of sp³-hybridized carbons (Fsp3) is 0.429. The lowest BCUT2D eigenvalue weighted by Crippen LogP contribution is -2.36. The van der Waals surface area contributed by atoms with Crippen molar-refractivity contribution in [2.45, 2.75) is 30.2 Å². The molecular formula is C14H18N2O3S. The van der Waals surface area contributed by atoms with Crippen LogP contribution in [-0.2, 0) is 4.79 Å². The Labute approximate surface area is 122 Å². The molecule has 108 valence electrons. The number of para-hydroxylation sites is 1. The molecule has 1 aliphatic rings. The van der Waals surface area contributed by atoms with Crippen LogP contribution in [-0.4, -0.2) is 29.4 Å². The van der Waals surface area contributed by atoms with Crippen LogP contribution in [0.5, 0.6) is 0 Å². The highest BCUT2D eigenvalue weighted by molar-refractivity contribution is 7.98. The number of benzene rings is 1.